The van der Waals surface area contributed by atoms with Gasteiger partial charge in [-0.3, -0.25) is 0 Å². The molecule has 0 spiro atoms. The summed E-state index contributed by atoms with van der Waals surface area (Å²) in [6, 6.07) is 3.09. The second-order valence-electron chi connectivity index (χ2n) is 6.69. The molecule has 1 aliphatic rings. The molecule has 0 amide bonds. The van der Waals surface area contributed by atoms with Crippen molar-refractivity contribution in [1.29, 1.82) is 0 Å². The van der Waals surface area contributed by atoms with Crippen LogP contribution < -0.4 is 0 Å². The van der Waals surface area contributed by atoms with E-state index in [0.29, 0.717) is 28.4 Å². The molecule has 5 nitrogen and oxygen atoms in total. The van der Waals surface area contributed by atoms with Crippen molar-refractivity contribution in [2.45, 2.75) is 32.1 Å². The monoisotopic (exact) mass is 357 g/mol. The van der Waals surface area contributed by atoms with Crippen molar-refractivity contribution >= 4 is 11.3 Å². The van der Waals surface area contributed by atoms with E-state index in [4.69, 9.17) is 0 Å². The van der Waals surface area contributed by atoms with Crippen molar-refractivity contribution < 1.29 is 13.2 Å². The highest BCUT2D eigenvalue weighted by Gasteiger charge is 2.27. The molecule has 5 rings (SSSR count). The van der Waals surface area contributed by atoms with Gasteiger partial charge in [-0.15, -0.1) is 0 Å². The zero-order valence-corrected chi connectivity index (χ0v) is 13.8. The van der Waals surface area contributed by atoms with Crippen LogP contribution in [0.1, 0.15) is 42.1 Å². The van der Waals surface area contributed by atoms with Crippen LogP contribution in [-0.4, -0.2) is 24.0 Å². The van der Waals surface area contributed by atoms with Crippen LogP contribution in [0.5, 0.6) is 0 Å². The minimum atomic E-state index is -2.67. The fraction of sp³-hybridized carbons (Fsp3) is 0.278. The number of fused-ring (bicyclic) bond motifs is 2. The second-order valence-corrected chi connectivity index (χ2v) is 6.69. The molecule has 4 heterocycles. The summed E-state index contributed by atoms with van der Waals surface area (Å²) in [5.74, 6) is -0.0129. The fourth-order valence-electron chi connectivity index (χ4n) is 3.19. The maximum absolute atomic E-state index is 14.5. The molecule has 8 heteroatoms. The summed E-state index contributed by atoms with van der Waals surface area (Å²) in [5, 5.41) is 4.33. The van der Waals surface area contributed by atoms with Gasteiger partial charge in [0.2, 0.25) is 0 Å². The summed E-state index contributed by atoms with van der Waals surface area (Å²) in [6.45, 7) is 1.76. The minimum Gasteiger partial charge on any atom is -0.304 e. The van der Waals surface area contributed by atoms with Gasteiger partial charge < -0.3 is 4.40 Å². The quantitative estimate of drug-likeness (QED) is 0.549. The van der Waals surface area contributed by atoms with Gasteiger partial charge in [0, 0.05) is 23.9 Å². The molecule has 0 radical (unpaired) electrons. The molecule has 0 aromatic carbocycles. The third-order valence-electron chi connectivity index (χ3n) is 4.67. The molecular formula is C18H14F3N5. The van der Waals surface area contributed by atoms with Crippen LogP contribution in [0.3, 0.4) is 0 Å². The van der Waals surface area contributed by atoms with Gasteiger partial charge in [0.25, 0.3) is 6.43 Å². The number of imidazole rings is 2. The third-order valence-corrected chi connectivity index (χ3v) is 4.67. The smallest absolute Gasteiger partial charge is 0.281 e. The van der Waals surface area contributed by atoms with Gasteiger partial charge >= 0.3 is 0 Å². The number of aryl methyl sites for hydroxylation is 1. The second kappa shape index (κ2) is 5.30. The van der Waals surface area contributed by atoms with E-state index in [1.54, 1.807) is 23.6 Å². The lowest BCUT2D eigenvalue weighted by molar-refractivity contribution is 0.146. The molecule has 4 aromatic heterocycles. The van der Waals surface area contributed by atoms with E-state index in [2.05, 4.69) is 15.1 Å². The van der Waals surface area contributed by atoms with E-state index in [1.165, 1.54) is 16.8 Å². The van der Waals surface area contributed by atoms with E-state index >= 15 is 0 Å². The predicted molar refractivity (Wildman–Crippen MR) is 88.8 cm³/mol. The summed E-state index contributed by atoms with van der Waals surface area (Å²) in [7, 11) is 0. The Hall–Kier alpha value is -2.90. The molecule has 0 aliphatic heterocycles. The van der Waals surface area contributed by atoms with Gasteiger partial charge in [-0.05, 0) is 37.5 Å². The van der Waals surface area contributed by atoms with Gasteiger partial charge in [-0.25, -0.2) is 27.7 Å². The number of hydrogen-bond donors (Lipinski definition) is 0. The zero-order valence-electron chi connectivity index (χ0n) is 13.8. The molecule has 1 saturated carbocycles. The van der Waals surface area contributed by atoms with E-state index in [9.17, 15) is 13.2 Å². The Bertz CT molecular complexity index is 1070. The Labute approximate surface area is 146 Å². The first-order valence-electron chi connectivity index (χ1n) is 8.33. The molecule has 26 heavy (non-hydrogen) atoms. The van der Waals surface area contributed by atoms with Gasteiger partial charge in [0.1, 0.15) is 5.69 Å². The number of aromatic nitrogens is 5. The van der Waals surface area contributed by atoms with Crippen molar-refractivity contribution in [3.63, 3.8) is 0 Å². The zero-order chi connectivity index (χ0) is 18.0. The van der Waals surface area contributed by atoms with Crippen molar-refractivity contribution in [3.05, 3.63) is 53.5 Å². The summed E-state index contributed by atoms with van der Waals surface area (Å²) in [5.41, 5.74) is 2.94. The Kier molecular flexibility index (Phi) is 3.13. The lowest BCUT2D eigenvalue weighted by Crippen LogP contribution is -1.98. The molecule has 0 N–H and O–H groups in total. The molecule has 0 unspecified atom stereocenters. The van der Waals surface area contributed by atoms with Crippen molar-refractivity contribution in [2.75, 3.05) is 0 Å². The lowest BCUT2D eigenvalue weighted by Gasteiger charge is -2.06. The largest absolute Gasteiger partial charge is 0.304 e. The average molecular weight is 357 g/mol. The highest BCUT2D eigenvalue weighted by Crippen LogP contribution is 2.39. The SMILES string of the molecule is Cc1cc(-c2cc(F)c3nc(C4CC4)cn3c2)nn2cc(C(F)F)nc12. The third kappa shape index (κ3) is 2.36. The highest BCUT2D eigenvalue weighted by molar-refractivity contribution is 5.64. The average Bonchev–Trinajstić information content (AvgIpc) is 3.19. The molecule has 1 aliphatic carbocycles. The first kappa shape index (κ1) is 15.4. The highest BCUT2D eigenvalue weighted by atomic mass is 19.3. The number of nitrogens with zero attached hydrogens (tertiary/aromatic N) is 5. The Morgan fingerprint density at radius 3 is 2.62 bits per heavy atom. The number of halogens is 3. The predicted octanol–water partition coefficient (Wildman–Crippen LogP) is 4.31. The van der Waals surface area contributed by atoms with Crippen LogP contribution in [0, 0.1) is 12.7 Å². The summed E-state index contributed by atoms with van der Waals surface area (Å²) in [6.07, 6.45) is 4.31. The van der Waals surface area contributed by atoms with Crippen LogP contribution in [0.2, 0.25) is 0 Å². The molecule has 0 bridgehead atoms. The molecule has 132 valence electrons. The summed E-state index contributed by atoms with van der Waals surface area (Å²) in [4.78, 5) is 8.27. The standard InChI is InChI=1S/C18H14F3N5/c1-9-4-13(24-26-8-15(16(20)21)23-17(9)26)11-5-12(19)18-22-14(10-2-3-10)7-25(18)6-11/h4-8,10,16H,2-3H2,1H3. The first-order chi connectivity index (χ1) is 12.5. The Morgan fingerprint density at radius 1 is 1.08 bits per heavy atom. The van der Waals surface area contributed by atoms with Gasteiger partial charge in [0.05, 0.1) is 17.6 Å². The van der Waals surface area contributed by atoms with Gasteiger partial charge in [-0.2, -0.15) is 5.10 Å². The van der Waals surface area contributed by atoms with Crippen LogP contribution >= 0.6 is 0 Å². The lowest BCUT2D eigenvalue weighted by atomic mass is 10.1. The summed E-state index contributed by atoms with van der Waals surface area (Å²) >= 11 is 0. The minimum absolute atomic E-state index is 0.288. The van der Waals surface area contributed by atoms with Crippen LogP contribution in [0.15, 0.2) is 30.7 Å². The van der Waals surface area contributed by atoms with Gasteiger partial charge in [-0.1, -0.05) is 0 Å². The maximum atomic E-state index is 14.5. The Balaban J connectivity index is 1.66. The number of pyridine rings is 1. The number of hydrogen-bond acceptors (Lipinski definition) is 3. The van der Waals surface area contributed by atoms with Crippen LogP contribution in [-0.2, 0) is 0 Å². The van der Waals surface area contributed by atoms with Crippen molar-refractivity contribution in [3.8, 4) is 11.3 Å². The van der Waals surface area contributed by atoms with E-state index in [0.717, 1.165) is 18.5 Å². The van der Waals surface area contributed by atoms with Gasteiger partial charge in [0.15, 0.2) is 17.1 Å². The molecule has 1 fully saturated rings. The topological polar surface area (TPSA) is 47.5 Å². The van der Waals surface area contributed by atoms with Crippen LogP contribution in [0.25, 0.3) is 22.6 Å². The fourth-order valence-corrected chi connectivity index (χ4v) is 3.19. The summed E-state index contributed by atoms with van der Waals surface area (Å²) < 4.78 is 43.3. The van der Waals surface area contributed by atoms with E-state index < -0.39 is 12.2 Å². The van der Waals surface area contributed by atoms with E-state index in [-0.39, 0.29) is 11.3 Å². The van der Waals surface area contributed by atoms with Crippen molar-refractivity contribution in [2.24, 2.45) is 0 Å². The molecule has 0 saturated heterocycles. The molecule has 0 atom stereocenters. The number of alkyl halides is 2. The molecular weight excluding hydrogens is 343 g/mol. The normalized spacial score (nSPS) is 14.8. The van der Waals surface area contributed by atoms with Crippen LogP contribution in [0.4, 0.5) is 13.2 Å². The maximum Gasteiger partial charge on any atom is 0.281 e. The Morgan fingerprint density at radius 2 is 1.88 bits per heavy atom. The van der Waals surface area contributed by atoms with E-state index in [1.807, 2.05) is 6.20 Å². The van der Waals surface area contributed by atoms with Crippen molar-refractivity contribution in [1.82, 2.24) is 24.0 Å². The first-order valence-corrected chi connectivity index (χ1v) is 8.33. The number of rotatable bonds is 3. The molecule has 4 aromatic rings.